The zero-order valence-electron chi connectivity index (χ0n) is 19.3. The first-order chi connectivity index (χ1) is 17.0. The largest absolute Gasteiger partial charge is 0.497 e. The second-order valence-corrected chi connectivity index (χ2v) is 7.92. The van der Waals surface area contributed by atoms with Crippen LogP contribution in [-0.4, -0.2) is 43.5 Å². The number of rotatable bonds is 8. The van der Waals surface area contributed by atoms with Gasteiger partial charge in [-0.3, -0.25) is 0 Å². The van der Waals surface area contributed by atoms with Crippen molar-refractivity contribution in [2.45, 2.75) is 19.1 Å². The summed E-state index contributed by atoms with van der Waals surface area (Å²) in [5, 5.41) is 6.84. The van der Waals surface area contributed by atoms with E-state index in [2.05, 4.69) is 10.5 Å². The number of urea groups is 1. The molecule has 1 N–H and O–H groups in total. The molecule has 2 amide bonds. The molecule has 1 aliphatic heterocycles. The predicted molar refractivity (Wildman–Crippen MR) is 128 cm³/mol. The molecule has 1 aliphatic rings. The minimum absolute atomic E-state index is 0.00807. The van der Waals surface area contributed by atoms with E-state index in [9.17, 15) is 13.6 Å². The maximum Gasteiger partial charge on any atom is 0.322 e. The van der Waals surface area contributed by atoms with Crippen molar-refractivity contribution in [2.24, 2.45) is 5.16 Å². The van der Waals surface area contributed by atoms with Gasteiger partial charge in [0, 0.05) is 23.6 Å². The van der Waals surface area contributed by atoms with Crippen LogP contribution in [0.15, 0.2) is 71.9 Å². The molecule has 0 spiro atoms. The quantitative estimate of drug-likeness (QED) is 0.480. The van der Waals surface area contributed by atoms with Crippen LogP contribution in [0, 0.1) is 11.6 Å². The molecule has 0 aromatic heterocycles. The smallest absolute Gasteiger partial charge is 0.322 e. The molecule has 3 aromatic rings. The first-order valence-electron chi connectivity index (χ1n) is 11.0. The number of amides is 2. The molecule has 7 nitrogen and oxygen atoms in total. The number of anilines is 1. The van der Waals surface area contributed by atoms with Crippen LogP contribution in [0.3, 0.4) is 0 Å². The Kier molecular flexibility index (Phi) is 7.45. The molecule has 4 rings (SSSR count). The number of ether oxygens (including phenoxy) is 2. The molecular weight excluding hydrogens is 456 g/mol. The van der Waals surface area contributed by atoms with Gasteiger partial charge in [-0.15, -0.1) is 0 Å². The lowest BCUT2D eigenvalue weighted by Gasteiger charge is -2.26. The summed E-state index contributed by atoms with van der Waals surface area (Å²) in [5.74, 6) is 0.150. The minimum atomic E-state index is -0.528. The molecule has 9 heteroatoms. The lowest BCUT2D eigenvalue weighted by Crippen LogP contribution is -2.40. The highest BCUT2D eigenvalue weighted by Gasteiger charge is 2.29. The fourth-order valence-electron chi connectivity index (χ4n) is 3.77. The SMILES string of the molecule is COc1ccc(NC(=O)N(Cc2ccccc2F)CC2CC(c3ccccc3F)=NO2)c(OC)c1. The van der Waals surface area contributed by atoms with Crippen molar-refractivity contribution in [2.75, 3.05) is 26.1 Å². The van der Waals surface area contributed by atoms with Gasteiger partial charge in [0.25, 0.3) is 0 Å². The third-order valence-corrected chi connectivity index (χ3v) is 5.60. The number of methoxy groups -OCH3 is 2. The molecule has 0 fully saturated rings. The monoisotopic (exact) mass is 481 g/mol. The molecule has 3 aromatic carbocycles. The Labute approximate surface area is 201 Å². The number of nitrogens with zero attached hydrogens (tertiary/aromatic N) is 2. The van der Waals surface area contributed by atoms with E-state index in [1.807, 2.05) is 0 Å². The van der Waals surface area contributed by atoms with E-state index in [-0.39, 0.29) is 13.1 Å². The standard InChI is InChI=1S/C26H25F2N3O4/c1-33-18-11-12-23(25(14-18)34-2)29-26(32)31(15-17-7-3-5-9-21(17)27)16-19-13-24(30-35-19)20-8-4-6-10-22(20)28/h3-12,14,19H,13,15-16H2,1-2H3,(H,29,32). The molecule has 0 radical (unpaired) electrons. The molecule has 35 heavy (non-hydrogen) atoms. The van der Waals surface area contributed by atoms with Gasteiger partial charge < -0.3 is 24.5 Å². The van der Waals surface area contributed by atoms with Gasteiger partial charge in [0.15, 0.2) is 6.10 Å². The molecule has 0 aliphatic carbocycles. The number of carbonyl (C=O) groups excluding carboxylic acids is 1. The fraction of sp³-hybridized carbons (Fsp3) is 0.231. The highest BCUT2D eigenvalue weighted by Crippen LogP contribution is 2.30. The number of benzene rings is 3. The first kappa shape index (κ1) is 24.0. The molecule has 182 valence electrons. The van der Waals surface area contributed by atoms with Gasteiger partial charge in [-0.25, -0.2) is 13.6 Å². The van der Waals surface area contributed by atoms with Crippen molar-refractivity contribution < 1.29 is 27.9 Å². The van der Waals surface area contributed by atoms with Crippen LogP contribution in [0.2, 0.25) is 0 Å². The molecule has 0 saturated heterocycles. The Morgan fingerprint density at radius 2 is 1.80 bits per heavy atom. The maximum absolute atomic E-state index is 14.4. The number of nitrogens with one attached hydrogen (secondary N) is 1. The highest BCUT2D eigenvalue weighted by molar-refractivity contribution is 6.01. The van der Waals surface area contributed by atoms with E-state index in [0.717, 1.165) is 0 Å². The van der Waals surface area contributed by atoms with E-state index in [0.29, 0.717) is 40.4 Å². The number of oxime groups is 1. The lowest BCUT2D eigenvalue weighted by atomic mass is 10.0. The van der Waals surface area contributed by atoms with Crippen LogP contribution in [0.1, 0.15) is 17.5 Å². The van der Waals surface area contributed by atoms with Gasteiger partial charge in [-0.2, -0.15) is 0 Å². The number of carbonyl (C=O) groups is 1. The number of hydrogen-bond acceptors (Lipinski definition) is 5. The third-order valence-electron chi connectivity index (χ3n) is 5.60. The molecule has 0 bridgehead atoms. The van der Waals surface area contributed by atoms with Gasteiger partial charge in [0.2, 0.25) is 0 Å². The Hall–Kier alpha value is -4.14. The summed E-state index contributed by atoms with van der Waals surface area (Å²) in [6, 6.07) is 17.0. The van der Waals surface area contributed by atoms with Crippen molar-refractivity contribution >= 4 is 17.4 Å². The van der Waals surface area contributed by atoms with Crippen LogP contribution in [0.25, 0.3) is 0 Å². The normalized spacial score (nSPS) is 14.6. The van der Waals surface area contributed by atoms with Crippen molar-refractivity contribution in [3.05, 3.63) is 89.5 Å². The second-order valence-electron chi connectivity index (χ2n) is 7.92. The molecule has 1 heterocycles. The Morgan fingerprint density at radius 3 is 2.51 bits per heavy atom. The van der Waals surface area contributed by atoms with Gasteiger partial charge in [-0.05, 0) is 24.3 Å². The number of halogens is 2. The van der Waals surface area contributed by atoms with E-state index in [1.165, 1.54) is 31.3 Å². The van der Waals surface area contributed by atoms with E-state index in [1.54, 1.807) is 54.6 Å². The summed E-state index contributed by atoms with van der Waals surface area (Å²) in [7, 11) is 3.01. The van der Waals surface area contributed by atoms with Crippen molar-refractivity contribution in [1.82, 2.24) is 4.90 Å². The van der Waals surface area contributed by atoms with Crippen molar-refractivity contribution in [3.63, 3.8) is 0 Å². The van der Waals surface area contributed by atoms with E-state index in [4.69, 9.17) is 14.3 Å². The van der Waals surface area contributed by atoms with Crippen molar-refractivity contribution in [3.8, 4) is 11.5 Å². The van der Waals surface area contributed by atoms with E-state index >= 15 is 0 Å². The van der Waals surface area contributed by atoms with Crippen molar-refractivity contribution in [1.29, 1.82) is 0 Å². The third kappa shape index (κ3) is 5.68. The first-order valence-corrected chi connectivity index (χ1v) is 11.0. The zero-order valence-corrected chi connectivity index (χ0v) is 19.3. The summed E-state index contributed by atoms with van der Waals surface area (Å²) in [6.07, 6.45) is -0.228. The Morgan fingerprint density at radius 1 is 1.06 bits per heavy atom. The highest BCUT2D eigenvalue weighted by atomic mass is 19.1. The summed E-state index contributed by atoms with van der Waals surface area (Å²) in [5.41, 5.74) is 1.57. The summed E-state index contributed by atoms with van der Waals surface area (Å²) in [6.45, 7) is 0.0892. The zero-order chi connectivity index (χ0) is 24.8. The minimum Gasteiger partial charge on any atom is -0.497 e. The molecule has 1 atom stereocenters. The average molecular weight is 481 g/mol. The number of hydrogen-bond donors (Lipinski definition) is 1. The second kappa shape index (κ2) is 10.9. The predicted octanol–water partition coefficient (Wildman–Crippen LogP) is 5.21. The maximum atomic E-state index is 14.4. The fourth-order valence-corrected chi connectivity index (χ4v) is 3.77. The van der Waals surface area contributed by atoms with Crippen LogP contribution in [-0.2, 0) is 11.4 Å². The average Bonchev–Trinajstić information content (AvgIpc) is 3.33. The van der Waals surface area contributed by atoms with Gasteiger partial charge >= 0.3 is 6.03 Å². The van der Waals surface area contributed by atoms with Crippen LogP contribution in [0.4, 0.5) is 19.3 Å². The Bertz CT molecular complexity index is 1230. The van der Waals surface area contributed by atoms with E-state index < -0.39 is 23.8 Å². The molecule has 1 unspecified atom stereocenters. The topological polar surface area (TPSA) is 72.4 Å². The molecule has 0 saturated carbocycles. The van der Waals surface area contributed by atoms with Gasteiger partial charge in [0.1, 0.15) is 23.1 Å². The van der Waals surface area contributed by atoms with Gasteiger partial charge in [-0.1, -0.05) is 41.6 Å². The van der Waals surface area contributed by atoms with Crippen LogP contribution in [0.5, 0.6) is 11.5 Å². The van der Waals surface area contributed by atoms with Crippen LogP contribution < -0.4 is 14.8 Å². The summed E-state index contributed by atoms with van der Waals surface area (Å²) < 4.78 is 39.1. The summed E-state index contributed by atoms with van der Waals surface area (Å²) >= 11 is 0. The van der Waals surface area contributed by atoms with Crippen LogP contribution >= 0.6 is 0 Å². The Balaban J connectivity index is 1.52. The lowest BCUT2D eigenvalue weighted by molar-refractivity contribution is 0.0606. The molecular formula is C26H25F2N3O4. The summed E-state index contributed by atoms with van der Waals surface area (Å²) in [4.78, 5) is 20.2. The van der Waals surface area contributed by atoms with Gasteiger partial charge in [0.05, 0.1) is 38.7 Å².